The van der Waals surface area contributed by atoms with Gasteiger partial charge in [0, 0.05) is 30.8 Å². The van der Waals surface area contributed by atoms with Gasteiger partial charge in [-0.2, -0.15) is 5.10 Å². The number of hydrogen-bond donors (Lipinski definition) is 2. The average Bonchev–Trinajstić information content (AvgIpc) is 2.93. The second-order valence-electron chi connectivity index (χ2n) is 4.47. The van der Waals surface area contributed by atoms with Crippen molar-refractivity contribution in [3.8, 4) is 11.3 Å². The molecule has 1 aliphatic rings. The summed E-state index contributed by atoms with van der Waals surface area (Å²) < 4.78 is 0. The van der Waals surface area contributed by atoms with Crippen LogP contribution in [0, 0.1) is 0 Å². The van der Waals surface area contributed by atoms with E-state index in [0.29, 0.717) is 5.82 Å². The van der Waals surface area contributed by atoms with Gasteiger partial charge in [-0.25, -0.2) is 0 Å². The molecule has 92 valence electrons. The van der Waals surface area contributed by atoms with Crippen molar-refractivity contribution in [2.24, 2.45) is 0 Å². The largest absolute Gasteiger partial charge is 0.382 e. The lowest BCUT2D eigenvalue weighted by molar-refractivity contribution is -0.116. The van der Waals surface area contributed by atoms with Gasteiger partial charge in [0.15, 0.2) is 0 Å². The smallest absolute Gasteiger partial charge is 0.223 e. The number of anilines is 2. The summed E-state index contributed by atoms with van der Waals surface area (Å²) in [6.07, 6.45) is 0.917. The number of aromatic amines is 1. The number of nitrogens with two attached hydrogens (primary N) is 1. The highest BCUT2D eigenvalue weighted by molar-refractivity contribution is 5.94. The van der Waals surface area contributed by atoms with E-state index >= 15 is 0 Å². The van der Waals surface area contributed by atoms with Crippen LogP contribution in [-0.4, -0.2) is 22.6 Å². The standard InChI is InChI=1S/C13H14N4O/c1-8(18)17-5-4-9-2-3-10(6-12(9)17)11-7-13(14)16-15-11/h2-3,6-7H,4-5H2,1H3,(H3,14,15,16). The van der Waals surface area contributed by atoms with Crippen LogP contribution in [-0.2, 0) is 11.2 Å². The van der Waals surface area contributed by atoms with Gasteiger partial charge in [0.1, 0.15) is 5.82 Å². The van der Waals surface area contributed by atoms with Crippen molar-refractivity contribution >= 4 is 17.4 Å². The first-order chi connectivity index (χ1) is 8.65. The molecule has 0 radical (unpaired) electrons. The molecule has 2 aromatic rings. The highest BCUT2D eigenvalue weighted by atomic mass is 16.2. The van der Waals surface area contributed by atoms with Crippen LogP contribution in [0.25, 0.3) is 11.3 Å². The van der Waals surface area contributed by atoms with Crippen molar-refractivity contribution in [1.29, 1.82) is 0 Å². The van der Waals surface area contributed by atoms with Crippen molar-refractivity contribution < 1.29 is 4.79 Å². The topological polar surface area (TPSA) is 75.0 Å². The highest BCUT2D eigenvalue weighted by Gasteiger charge is 2.22. The van der Waals surface area contributed by atoms with Crippen LogP contribution in [0.15, 0.2) is 24.3 Å². The first kappa shape index (κ1) is 10.8. The lowest BCUT2D eigenvalue weighted by Gasteiger charge is -2.15. The van der Waals surface area contributed by atoms with E-state index in [9.17, 15) is 4.79 Å². The van der Waals surface area contributed by atoms with Crippen molar-refractivity contribution in [2.45, 2.75) is 13.3 Å². The third-order valence-electron chi connectivity index (χ3n) is 3.27. The third-order valence-corrected chi connectivity index (χ3v) is 3.27. The number of carbonyl (C=O) groups is 1. The fourth-order valence-corrected chi connectivity index (χ4v) is 2.36. The fourth-order valence-electron chi connectivity index (χ4n) is 2.36. The zero-order chi connectivity index (χ0) is 12.7. The molecular weight excluding hydrogens is 228 g/mol. The minimum atomic E-state index is 0.0787. The molecule has 0 saturated carbocycles. The molecule has 3 rings (SSSR count). The lowest BCUT2D eigenvalue weighted by Crippen LogP contribution is -2.25. The molecule has 0 fully saturated rings. The normalized spacial score (nSPS) is 13.7. The molecule has 0 bridgehead atoms. The van der Waals surface area contributed by atoms with E-state index in [1.165, 1.54) is 5.56 Å². The van der Waals surface area contributed by atoms with Gasteiger partial charge in [-0.3, -0.25) is 9.89 Å². The fraction of sp³-hybridized carbons (Fsp3) is 0.231. The predicted molar refractivity (Wildman–Crippen MR) is 70.2 cm³/mol. The number of aromatic nitrogens is 2. The average molecular weight is 242 g/mol. The Labute approximate surface area is 105 Å². The van der Waals surface area contributed by atoms with Gasteiger partial charge in [-0.1, -0.05) is 12.1 Å². The van der Waals surface area contributed by atoms with E-state index in [4.69, 9.17) is 5.73 Å². The summed E-state index contributed by atoms with van der Waals surface area (Å²) in [5.74, 6) is 0.545. The van der Waals surface area contributed by atoms with Crippen molar-refractivity contribution in [3.63, 3.8) is 0 Å². The Balaban J connectivity index is 2.05. The lowest BCUT2D eigenvalue weighted by atomic mass is 10.1. The summed E-state index contributed by atoms with van der Waals surface area (Å²) in [5, 5.41) is 6.79. The summed E-state index contributed by atoms with van der Waals surface area (Å²) in [7, 11) is 0. The first-order valence-electron chi connectivity index (χ1n) is 5.87. The van der Waals surface area contributed by atoms with Crippen LogP contribution >= 0.6 is 0 Å². The first-order valence-corrected chi connectivity index (χ1v) is 5.87. The molecule has 0 unspecified atom stereocenters. The number of nitrogens with zero attached hydrogens (tertiary/aromatic N) is 2. The zero-order valence-electron chi connectivity index (χ0n) is 10.1. The highest BCUT2D eigenvalue weighted by Crippen LogP contribution is 2.32. The van der Waals surface area contributed by atoms with Crippen molar-refractivity contribution in [1.82, 2.24) is 10.2 Å². The molecule has 0 atom stereocenters. The molecule has 2 heterocycles. The second kappa shape index (κ2) is 3.87. The minimum Gasteiger partial charge on any atom is -0.382 e. The van der Waals surface area contributed by atoms with E-state index in [0.717, 1.165) is 29.9 Å². The maximum atomic E-state index is 11.5. The third kappa shape index (κ3) is 1.64. The minimum absolute atomic E-state index is 0.0787. The molecule has 1 aromatic heterocycles. The van der Waals surface area contributed by atoms with Gasteiger partial charge in [-0.15, -0.1) is 0 Å². The molecule has 3 N–H and O–H groups in total. The predicted octanol–water partition coefficient (Wildman–Crippen LogP) is 1.57. The number of carbonyl (C=O) groups excluding carboxylic acids is 1. The van der Waals surface area contributed by atoms with E-state index in [-0.39, 0.29) is 5.91 Å². The molecule has 5 heteroatoms. The van der Waals surface area contributed by atoms with Gasteiger partial charge in [-0.05, 0) is 18.1 Å². The van der Waals surface area contributed by atoms with Gasteiger partial charge >= 0.3 is 0 Å². The van der Waals surface area contributed by atoms with Crippen LogP contribution in [0.3, 0.4) is 0 Å². The summed E-state index contributed by atoms with van der Waals surface area (Å²) >= 11 is 0. The Morgan fingerprint density at radius 1 is 1.44 bits per heavy atom. The molecule has 5 nitrogen and oxygen atoms in total. The van der Waals surface area contributed by atoms with Crippen LogP contribution in [0.1, 0.15) is 12.5 Å². The Morgan fingerprint density at radius 2 is 2.28 bits per heavy atom. The second-order valence-corrected chi connectivity index (χ2v) is 4.47. The van der Waals surface area contributed by atoms with Gasteiger partial charge < -0.3 is 10.6 Å². The Morgan fingerprint density at radius 3 is 2.94 bits per heavy atom. The number of nitrogen functional groups attached to an aromatic ring is 1. The van der Waals surface area contributed by atoms with Crippen LogP contribution in [0.4, 0.5) is 11.5 Å². The number of amides is 1. The maximum Gasteiger partial charge on any atom is 0.223 e. The van der Waals surface area contributed by atoms with E-state index in [1.807, 2.05) is 12.1 Å². The number of benzene rings is 1. The zero-order valence-corrected chi connectivity index (χ0v) is 10.1. The summed E-state index contributed by atoms with van der Waals surface area (Å²) in [4.78, 5) is 13.4. The number of nitrogens with one attached hydrogen (secondary N) is 1. The SMILES string of the molecule is CC(=O)N1CCc2ccc(-c3cc(N)n[nH]3)cc21. The van der Waals surface area contributed by atoms with Gasteiger partial charge in [0.05, 0.1) is 5.69 Å². The molecular formula is C13H14N4O. The van der Waals surface area contributed by atoms with Crippen molar-refractivity contribution in [2.75, 3.05) is 17.2 Å². The Bertz CT molecular complexity index is 617. The van der Waals surface area contributed by atoms with E-state index in [1.54, 1.807) is 17.9 Å². The quantitative estimate of drug-likeness (QED) is 0.797. The maximum absolute atomic E-state index is 11.5. The monoisotopic (exact) mass is 242 g/mol. The van der Waals surface area contributed by atoms with E-state index in [2.05, 4.69) is 16.3 Å². The summed E-state index contributed by atoms with van der Waals surface area (Å²) in [6, 6.07) is 7.88. The number of rotatable bonds is 1. The number of hydrogen-bond acceptors (Lipinski definition) is 3. The van der Waals surface area contributed by atoms with Gasteiger partial charge in [0.2, 0.25) is 5.91 Å². The van der Waals surface area contributed by atoms with Crippen molar-refractivity contribution in [3.05, 3.63) is 29.8 Å². The summed E-state index contributed by atoms with van der Waals surface area (Å²) in [5.41, 5.74) is 9.66. The van der Waals surface area contributed by atoms with Gasteiger partial charge in [0.25, 0.3) is 0 Å². The Hall–Kier alpha value is -2.30. The molecule has 0 aliphatic carbocycles. The molecule has 1 amide bonds. The van der Waals surface area contributed by atoms with Crippen LogP contribution in [0.5, 0.6) is 0 Å². The Kier molecular flexibility index (Phi) is 2.33. The molecule has 0 spiro atoms. The molecule has 18 heavy (non-hydrogen) atoms. The number of H-pyrrole nitrogens is 1. The number of fused-ring (bicyclic) bond motifs is 1. The van der Waals surface area contributed by atoms with Crippen LogP contribution in [0.2, 0.25) is 0 Å². The molecule has 1 aromatic carbocycles. The van der Waals surface area contributed by atoms with Crippen LogP contribution < -0.4 is 10.6 Å². The van der Waals surface area contributed by atoms with E-state index < -0.39 is 0 Å². The molecule has 1 aliphatic heterocycles. The molecule has 0 saturated heterocycles. The summed E-state index contributed by atoms with van der Waals surface area (Å²) in [6.45, 7) is 2.36.